The number of fused-ring (bicyclic) bond motifs is 1. The maximum atomic E-state index is 13.5. The van der Waals surface area contributed by atoms with Gasteiger partial charge in [0.25, 0.3) is 0 Å². The van der Waals surface area contributed by atoms with E-state index in [0.29, 0.717) is 36.4 Å². The van der Waals surface area contributed by atoms with E-state index in [1.807, 2.05) is 58.0 Å². The lowest BCUT2D eigenvalue weighted by Crippen LogP contribution is -2.39. The van der Waals surface area contributed by atoms with Crippen molar-refractivity contribution >= 4 is 26.9 Å². The second kappa shape index (κ2) is 10.9. The van der Waals surface area contributed by atoms with Gasteiger partial charge in [0.1, 0.15) is 5.60 Å². The molecule has 0 aromatic heterocycles. The van der Waals surface area contributed by atoms with Crippen molar-refractivity contribution in [2.75, 3.05) is 19.6 Å². The number of ether oxygens (including phenoxy) is 1. The van der Waals surface area contributed by atoms with Crippen LogP contribution in [0.1, 0.15) is 59.8 Å². The minimum Gasteiger partial charge on any atom is -0.444 e. The van der Waals surface area contributed by atoms with E-state index in [-0.39, 0.29) is 6.09 Å². The molecule has 2 aromatic carbocycles. The minimum atomic E-state index is -3.55. The minimum absolute atomic E-state index is 0.338. The first kappa shape index (κ1) is 25.5. The third kappa shape index (κ3) is 7.18. The number of nitrogens with one attached hydrogen (secondary N) is 1. The monoisotopic (exact) mass is 474 g/mol. The standard InChI is InChI=1S/C26H38N2O4S/c1-5-16-28(33(30,31)24-15-14-22-8-6-7-9-23(22)17-24)19-21-12-10-20(11-13-21)18-27-25(29)32-26(2,3)4/h6-9,14-15,17,20-21H,5,10-13,16,18-19H2,1-4H3,(H,27,29). The highest BCUT2D eigenvalue weighted by atomic mass is 32.2. The van der Waals surface area contributed by atoms with E-state index < -0.39 is 15.6 Å². The fourth-order valence-electron chi connectivity index (χ4n) is 4.48. The van der Waals surface area contributed by atoms with Crippen LogP contribution < -0.4 is 5.32 Å². The Balaban J connectivity index is 1.58. The average molecular weight is 475 g/mol. The summed E-state index contributed by atoms with van der Waals surface area (Å²) in [5.74, 6) is 0.745. The Labute approximate surface area is 198 Å². The van der Waals surface area contributed by atoms with Crippen LogP contribution in [-0.2, 0) is 14.8 Å². The molecule has 6 nitrogen and oxygen atoms in total. The van der Waals surface area contributed by atoms with Gasteiger partial charge in [-0.05, 0) is 87.6 Å². The van der Waals surface area contributed by atoms with Gasteiger partial charge in [-0.2, -0.15) is 4.31 Å². The predicted molar refractivity (Wildman–Crippen MR) is 133 cm³/mol. The summed E-state index contributed by atoms with van der Waals surface area (Å²) in [6.07, 6.45) is 4.30. The lowest BCUT2D eigenvalue weighted by molar-refractivity contribution is 0.0512. The second-order valence-corrected chi connectivity index (χ2v) is 12.1. The van der Waals surface area contributed by atoms with Crippen molar-refractivity contribution in [3.8, 4) is 0 Å². The molecule has 2 aromatic rings. The number of carbonyl (C=O) groups excluding carboxylic acids is 1. The van der Waals surface area contributed by atoms with Gasteiger partial charge in [-0.3, -0.25) is 0 Å². The van der Waals surface area contributed by atoms with Crippen LogP contribution in [0.5, 0.6) is 0 Å². The van der Waals surface area contributed by atoms with E-state index in [1.54, 1.807) is 16.4 Å². The zero-order chi connectivity index (χ0) is 24.1. The van der Waals surface area contributed by atoms with Gasteiger partial charge in [-0.1, -0.05) is 37.3 Å². The Bertz CT molecular complexity index is 1040. The van der Waals surface area contributed by atoms with Gasteiger partial charge in [0.2, 0.25) is 10.0 Å². The Morgan fingerprint density at radius 2 is 1.67 bits per heavy atom. The van der Waals surface area contributed by atoms with Gasteiger partial charge in [-0.15, -0.1) is 0 Å². The van der Waals surface area contributed by atoms with Gasteiger partial charge in [0, 0.05) is 19.6 Å². The molecule has 0 bridgehead atoms. The normalized spacial score (nSPS) is 19.5. The van der Waals surface area contributed by atoms with Crippen LogP contribution in [0.15, 0.2) is 47.4 Å². The smallest absolute Gasteiger partial charge is 0.407 e. The topological polar surface area (TPSA) is 75.7 Å². The third-order valence-electron chi connectivity index (χ3n) is 6.19. The molecule has 182 valence electrons. The highest BCUT2D eigenvalue weighted by molar-refractivity contribution is 7.89. The summed E-state index contributed by atoms with van der Waals surface area (Å²) in [5.41, 5.74) is -0.499. The van der Waals surface area contributed by atoms with E-state index in [9.17, 15) is 13.2 Å². The van der Waals surface area contributed by atoms with Crippen LogP contribution in [0.2, 0.25) is 0 Å². The van der Waals surface area contributed by atoms with Gasteiger partial charge in [-0.25, -0.2) is 13.2 Å². The molecule has 0 radical (unpaired) electrons. The molecule has 7 heteroatoms. The number of carbonyl (C=O) groups is 1. The average Bonchev–Trinajstić information content (AvgIpc) is 2.77. The molecule has 33 heavy (non-hydrogen) atoms. The summed E-state index contributed by atoms with van der Waals surface area (Å²) in [6, 6.07) is 13.2. The van der Waals surface area contributed by atoms with Crippen LogP contribution in [0.4, 0.5) is 4.79 Å². The lowest BCUT2D eigenvalue weighted by atomic mass is 9.82. The van der Waals surface area contributed by atoms with Crippen molar-refractivity contribution in [3.63, 3.8) is 0 Å². The molecule has 1 aliphatic carbocycles. The maximum Gasteiger partial charge on any atom is 0.407 e. The Hall–Kier alpha value is -2.12. The number of hydrogen-bond donors (Lipinski definition) is 1. The molecule has 0 heterocycles. The molecule has 1 N–H and O–H groups in total. The van der Waals surface area contributed by atoms with Crippen molar-refractivity contribution in [1.29, 1.82) is 0 Å². The van der Waals surface area contributed by atoms with Crippen molar-refractivity contribution in [3.05, 3.63) is 42.5 Å². The van der Waals surface area contributed by atoms with E-state index in [1.165, 1.54) is 0 Å². The Morgan fingerprint density at radius 1 is 1.03 bits per heavy atom. The summed E-state index contributed by atoms with van der Waals surface area (Å²) in [5, 5.41) is 4.85. The van der Waals surface area contributed by atoms with Crippen molar-refractivity contribution in [1.82, 2.24) is 9.62 Å². The van der Waals surface area contributed by atoms with Crippen LogP contribution in [0, 0.1) is 11.8 Å². The molecule has 1 amide bonds. The van der Waals surface area contributed by atoms with E-state index in [0.717, 1.165) is 42.9 Å². The molecular weight excluding hydrogens is 436 g/mol. The zero-order valence-corrected chi connectivity index (χ0v) is 21.2. The number of benzene rings is 2. The van der Waals surface area contributed by atoms with Gasteiger partial charge in [0.05, 0.1) is 4.90 Å². The lowest BCUT2D eigenvalue weighted by Gasteiger charge is -2.32. The second-order valence-electron chi connectivity index (χ2n) is 10.1. The van der Waals surface area contributed by atoms with Crippen LogP contribution in [0.25, 0.3) is 10.8 Å². The van der Waals surface area contributed by atoms with Crippen molar-refractivity contribution in [2.45, 2.75) is 70.3 Å². The highest BCUT2D eigenvalue weighted by Gasteiger charge is 2.29. The number of nitrogens with zero attached hydrogens (tertiary/aromatic N) is 1. The van der Waals surface area contributed by atoms with E-state index >= 15 is 0 Å². The molecule has 3 rings (SSSR count). The van der Waals surface area contributed by atoms with Crippen LogP contribution >= 0.6 is 0 Å². The summed E-state index contributed by atoms with van der Waals surface area (Å²) in [6.45, 7) is 9.26. The molecular formula is C26H38N2O4S. The van der Waals surface area contributed by atoms with Crippen molar-refractivity contribution in [2.24, 2.45) is 11.8 Å². The fourth-order valence-corrected chi connectivity index (χ4v) is 6.13. The van der Waals surface area contributed by atoms with Gasteiger partial charge < -0.3 is 10.1 Å². The molecule has 1 fully saturated rings. The molecule has 0 unspecified atom stereocenters. The van der Waals surface area contributed by atoms with Crippen LogP contribution in [-0.4, -0.2) is 44.1 Å². The molecule has 0 atom stereocenters. The number of rotatable bonds is 8. The highest BCUT2D eigenvalue weighted by Crippen LogP contribution is 2.31. The Kier molecular flexibility index (Phi) is 8.40. The number of alkyl carbamates (subject to hydrolysis) is 1. The molecule has 0 spiro atoms. The molecule has 1 saturated carbocycles. The first-order valence-corrected chi connectivity index (χ1v) is 13.5. The SMILES string of the molecule is CCCN(CC1CCC(CNC(=O)OC(C)(C)C)CC1)S(=O)(=O)c1ccc2ccccc2c1. The molecule has 0 saturated heterocycles. The number of sulfonamides is 1. The number of hydrogen-bond acceptors (Lipinski definition) is 4. The molecule has 1 aliphatic rings. The fraction of sp³-hybridized carbons (Fsp3) is 0.577. The summed E-state index contributed by atoms with van der Waals surface area (Å²) in [7, 11) is -3.55. The Morgan fingerprint density at radius 3 is 2.30 bits per heavy atom. The summed E-state index contributed by atoms with van der Waals surface area (Å²) < 4.78 is 33.9. The zero-order valence-electron chi connectivity index (χ0n) is 20.3. The van der Waals surface area contributed by atoms with E-state index in [2.05, 4.69) is 5.32 Å². The third-order valence-corrected chi connectivity index (χ3v) is 8.05. The van der Waals surface area contributed by atoms with Crippen LogP contribution in [0.3, 0.4) is 0 Å². The first-order chi connectivity index (χ1) is 15.6. The van der Waals surface area contributed by atoms with E-state index in [4.69, 9.17) is 4.74 Å². The quantitative estimate of drug-likeness (QED) is 0.543. The van der Waals surface area contributed by atoms with Gasteiger partial charge in [0.15, 0.2) is 0 Å². The first-order valence-electron chi connectivity index (χ1n) is 12.0. The molecule has 0 aliphatic heterocycles. The predicted octanol–water partition coefficient (Wildman–Crippen LogP) is 5.57. The van der Waals surface area contributed by atoms with Gasteiger partial charge >= 0.3 is 6.09 Å². The largest absolute Gasteiger partial charge is 0.444 e. The summed E-state index contributed by atoms with van der Waals surface area (Å²) >= 11 is 0. The summed E-state index contributed by atoms with van der Waals surface area (Å²) in [4.78, 5) is 12.3. The number of amides is 1. The maximum absolute atomic E-state index is 13.5. The van der Waals surface area contributed by atoms with Crippen molar-refractivity contribution < 1.29 is 17.9 Å².